The second-order valence-corrected chi connectivity index (χ2v) is 8.48. The van der Waals surface area contributed by atoms with Gasteiger partial charge in [-0.1, -0.05) is 19.3 Å². The first-order valence-corrected chi connectivity index (χ1v) is 10.2. The maximum Gasteiger partial charge on any atom is 0.306 e. The summed E-state index contributed by atoms with van der Waals surface area (Å²) in [5.74, 6) is 0.716. The van der Waals surface area contributed by atoms with Gasteiger partial charge in [-0.15, -0.1) is 0 Å². The number of carbonyl (C=O) groups excluding carboxylic acids is 2. The van der Waals surface area contributed by atoms with Gasteiger partial charge in [0.05, 0.1) is 13.5 Å². The molecule has 0 radical (unpaired) electrons. The molecule has 1 atom stereocenters. The van der Waals surface area contributed by atoms with Crippen LogP contribution in [-0.4, -0.2) is 61.5 Å². The van der Waals surface area contributed by atoms with E-state index in [0.29, 0.717) is 5.41 Å². The third-order valence-corrected chi connectivity index (χ3v) is 6.54. The van der Waals surface area contributed by atoms with Crippen LogP contribution in [0.5, 0.6) is 0 Å². The van der Waals surface area contributed by atoms with Crippen LogP contribution < -0.4 is 0 Å². The highest BCUT2D eigenvalue weighted by Gasteiger charge is 2.42. The van der Waals surface area contributed by atoms with Crippen molar-refractivity contribution in [2.75, 3.05) is 39.8 Å². The Morgan fingerprint density at radius 2 is 1.80 bits per heavy atom. The van der Waals surface area contributed by atoms with Gasteiger partial charge in [-0.05, 0) is 44.6 Å². The maximum atomic E-state index is 12.4. The number of piperidine rings is 1. The molecule has 5 nitrogen and oxygen atoms in total. The van der Waals surface area contributed by atoms with Crippen LogP contribution in [0.4, 0.5) is 0 Å². The summed E-state index contributed by atoms with van der Waals surface area (Å²) in [5, 5.41) is 0. The van der Waals surface area contributed by atoms with Crippen molar-refractivity contribution in [2.45, 2.75) is 64.2 Å². The van der Waals surface area contributed by atoms with Crippen molar-refractivity contribution in [3.8, 4) is 0 Å². The van der Waals surface area contributed by atoms with Crippen LogP contribution in [0.3, 0.4) is 0 Å². The number of ether oxygens (including phenoxy) is 1. The first-order chi connectivity index (χ1) is 12.1. The van der Waals surface area contributed by atoms with Crippen molar-refractivity contribution in [3.05, 3.63) is 0 Å². The van der Waals surface area contributed by atoms with Gasteiger partial charge in [0.25, 0.3) is 0 Å². The third kappa shape index (κ3) is 4.96. The van der Waals surface area contributed by atoms with Crippen molar-refractivity contribution in [2.24, 2.45) is 11.3 Å². The standard InChI is InChI=1S/C20H34N2O3/c1-25-19(24)9-8-18(23)22-13-11-20(16-22)10-5-12-21(15-20)14-17-6-3-2-4-7-17/h17H,2-16H2,1H3/t20-/m1/s1. The van der Waals surface area contributed by atoms with Gasteiger partial charge in [0.1, 0.15) is 0 Å². The highest BCUT2D eigenvalue weighted by atomic mass is 16.5. The lowest BCUT2D eigenvalue weighted by Gasteiger charge is -2.42. The molecule has 0 aromatic rings. The maximum absolute atomic E-state index is 12.4. The summed E-state index contributed by atoms with van der Waals surface area (Å²) in [6.07, 6.45) is 11.2. The van der Waals surface area contributed by atoms with E-state index in [4.69, 9.17) is 0 Å². The Kier molecular flexibility index (Phi) is 6.37. The van der Waals surface area contributed by atoms with Gasteiger partial charge in [-0.3, -0.25) is 9.59 Å². The summed E-state index contributed by atoms with van der Waals surface area (Å²) in [6, 6.07) is 0. The van der Waals surface area contributed by atoms with E-state index in [2.05, 4.69) is 9.64 Å². The Labute approximate surface area is 152 Å². The molecule has 0 aromatic carbocycles. The first-order valence-electron chi connectivity index (χ1n) is 10.2. The Morgan fingerprint density at radius 3 is 2.56 bits per heavy atom. The molecule has 25 heavy (non-hydrogen) atoms. The molecule has 3 fully saturated rings. The molecule has 1 saturated carbocycles. The predicted molar refractivity (Wildman–Crippen MR) is 97.1 cm³/mol. The van der Waals surface area contributed by atoms with Crippen LogP contribution in [0, 0.1) is 11.3 Å². The number of rotatable bonds is 5. The molecule has 1 spiro atoms. The molecule has 3 aliphatic rings. The fourth-order valence-corrected chi connectivity index (χ4v) is 5.15. The zero-order valence-electron chi connectivity index (χ0n) is 15.8. The number of hydrogen-bond acceptors (Lipinski definition) is 4. The fraction of sp³-hybridized carbons (Fsp3) is 0.900. The Balaban J connectivity index is 1.48. The van der Waals surface area contributed by atoms with Gasteiger partial charge in [0, 0.05) is 38.0 Å². The molecule has 0 aromatic heterocycles. The lowest BCUT2D eigenvalue weighted by atomic mass is 9.78. The van der Waals surface area contributed by atoms with Gasteiger partial charge >= 0.3 is 5.97 Å². The van der Waals surface area contributed by atoms with Crippen LogP contribution in [-0.2, 0) is 14.3 Å². The van der Waals surface area contributed by atoms with Crippen LogP contribution >= 0.6 is 0 Å². The predicted octanol–water partition coefficient (Wildman–Crippen LogP) is 2.83. The van der Waals surface area contributed by atoms with Crippen molar-refractivity contribution in [1.82, 2.24) is 9.80 Å². The van der Waals surface area contributed by atoms with E-state index in [1.54, 1.807) is 0 Å². The van der Waals surface area contributed by atoms with Gasteiger partial charge in [0.15, 0.2) is 0 Å². The van der Waals surface area contributed by atoms with Gasteiger partial charge < -0.3 is 14.5 Å². The van der Waals surface area contributed by atoms with Crippen molar-refractivity contribution < 1.29 is 14.3 Å². The van der Waals surface area contributed by atoms with E-state index in [1.807, 2.05) is 4.90 Å². The Bertz CT molecular complexity index is 476. The van der Waals surface area contributed by atoms with E-state index in [1.165, 1.54) is 65.1 Å². The Hall–Kier alpha value is -1.10. The summed E-state index contributed by atoms with van der Waals surface area (Å²) >= 11 is 0. The number of carbonyl (C=O) groups is 2. The minimum absolute atomic E-state index is 0.117. The van der Waals surface area contributed by atoms with Crippen molar-refractivity contribution in [1.29, 1.82) is 0 Å². The molecule has 5 heteroatoms. The van der Waals surface area contributed by atoms with E-state index < -0.39 is 0 Å². The molecular weight excluding hydrogens is 316 g/mol. The second-order valence-electron chi connectivity index (χ2n) is 8.48. The summed E-state index contributed by atoms with van der Waals surface area (Å²) < 4.78 is 4.64. The van der Waals surface area contributed by atoms with Gasteiger partial charge in [-0.2, -0.15) is 0 Å². The van der Waals surface area contributed by atoms with Gasteiger partial charge in [-0.25, -0.2) is 0 Å². The zero-order chi connectivity index (χ0) is 17.7. The average molecular weight is 351 g/mol. The largest absolute Gasteiger partial charge is 0.469 e. The van der Waals surface area contributed by atoms with Crippen LogP contribution in [0.25, 0.3) is 0 Å². The first kappa shape index (κ1) is 18.7. The molecule has 0 unspecified atom stereocenters. The van der Waals surface area contributed by atoms with Crippen LogP contribution in [0.1, 0.15) is 64.2 Å². The Morgan fingerprint density at radius 1 is 1.00 bits per heavy atom. The number of methoxy groups -OCH3 is 1. The minimum Gasteiger partial charge on any atom is -0.469 e. The second kappa shape index (κ2) is 8.52. The molecule has 0 bridgehead atoms. The van der Waals surface area contributed by atoms with E-state index in [0.717, 1.165) is 32.0 Å². The van der Waals surface area contributed by atoms with E-state index in [9.17, 15) is 9.59 Å². The van der Waals surface area contributed by atoms with Crippen molar-refractivity contribution >= 4 is 11.9 Å². The van der Waals surface area contributed by atoms with Gasteiger partial charge in [0.2, 0.25) is 5.91 Å². The highest BCUT2D eigenvalue weighted by molar-refractivity contribution is 5.81. The summed E-state index contributed by atoms with van der Waals surface area (Å²) in [4.78, 5) is 28.3. The number of hydrogen-bond donors (Lipinski definition) is 0. The SMILES string of the molecule is COC(=O)CCC(=O)N1CC[C@@]2(CCCN(CC3CCCCC3)C2)C1. The quantitative estimate of drug-likeness (QED) is 0.716. The summed E-state index contributed by atoms with van der Waals surface area (Å²) in [5.41, 5.74) is 0.299. The lowest BCUT2D eigenvalue weighted by Crippen LogP contribution is -2.47. The topological polar surface area (TPSA) is 49.9 Å². The molecule has 0 N–H and O–H groups in total. The van der Waals surface area contributed by atoms with E-state index >= 15 is 0 Å². The number of esters is 1. The monoisotopic (exact) mass is 350 g/mol. The molecule has 3 rings (SSSR count). The zero-order valence-corrected chi connectivity index (χ0v) is 15.8. The van der Waals surface area contributed by atoms with Crippen molar-refractivity contribution in [3.63, 3.8) is 0 Å². The smallest absolute Gasteiger partial charge is 0.306 e. The molecule has 1 aliphatic carbocycles. The van der Waals surface area contributed by atoms with Crippen LogP contribution in [0.2, 0.25) is 0 Å². The number of amides is 1. The molecule has 2 heterocycles. The summed E-state index contributed by atoms with van der Waals surface area (Å²) in [6.45, 7) is 5.39. The molecule has 1 amide bonds. The molecule has 142 valence electrons. The lowest BCUT2D eigenvalue weighted by molar-refractivity contribution is -0.143. The number of likely N-dealkylation sites (tertiary alicyclic amines) is 2. The van der Waals surface area contributed by atoms with E-state index in [-0.39, 0.29) is 24.7 Å². The third-order valence-electron chi connectivity index (χ3n) is 6.54. The average Bonchev–Trinajstić information content (AvgIpc) is 3.03. The molecule has 2 aliphatic heterocycles. The number of nitrogens with zero attached hydrogens (tertiary/aromatic N) is 2. The fourth-order valence-electron chi connectivity index (χ4n) is 5.15. The molecular formula is C20H34N2O3. The summed E-state index contributed by atoms with van der Waals surface area (Å²) in [7, 11) is 1.38. The molecule has 2 saturated heterocycles. The minimum atomic E-state index is -0.293. The normalized spacial score (nSPS) is 28.4. The highest BCUT2D eigenvalue weighted by Crippen LogP contribution is 2.40. The van der Waals surface area contributed by atoms with Crippen LogP contribution in [0.15, 0.2) is 0 Å².